The van der Waals surface area contributed by atoms with Crippen LogP contribution in [0.1, 0.15) is 6.42 Å². The summed E-state index contributed by atoms with van der Waals surface area (Å²) < 4.78 is 17.7. The summed E-state index contributed by atoms with van der Waals surface area (Å²) in [5, 5.41) is 10.2. The Kier molecular flexibility index (Phi) is 2.60. The maximum absolute atomic E-state index is 10.2. The molecule has 90 valence electrons. The van der Waals surface area contributed by atoms with Gasteiger partial charge in [-0.2, -0.15) is 0 Å². The van der Waals surface area contributed by atoms with Gasteiger partial charge in [0.05, 0.1) is 6.10 Å². The number of methoxy groups -OCH3 is 1. The van der Waals surface area contributed by atoms with Crippen molar-refractivity contribution >= 4 is 22.6 Å². The Labute approximate surface area is 108 Å². The predicted octanol–water partition coefficient (Wildman–Crippen LogP) is 1.07. The maximum Gasteiger partial charge on any atom is 0.183 e. The average Bonchev–Trinajstić information content (AvgIpc) is 2.57. The molecule has 5 heteroatoms. The zero-order valence-corrected chi connectivity index (χ0v) is 11.2. The number of alkyl halides is 1. The lowest BCUT2D eigenvalue weighted by molar-refractivity contribution is -0.367. The Morgan fingerprint density at radius 2 is 2.44 bits per heavy atom. The molecule has 0 aromatic rings. The molecule has 4 aliphatic rings. The fourth-order valence-corrected chi connectivity index (χ4v) is 4.49. The Bertz CT molecular complexity index is 334. The Balaban J connectivity index is 2.05. The summed E-state index contributed by atoms with van der Waals surface area (Å²) in [6.45, 7) is 4.03. The quantitative estimate of drug-likeness (QED) is 0.465. The van der Waals surface area contributed by atoms with Gasteiger partial charge in [-0.05, 0) is 17.9 Å². The van der Waals surface area contributed by atoms with Crippen molar-refractivity contribution in [1.82, 2.24) is 0 Å². The second-order valence-electron chi connectivity index (χ2n) is 4.74. The van der Waals surface area contributed by atoms with Crippen LogP contribution in [0.5, 0.6) is 0 Å². The standard InChI is InChI=1S/C11H15IO4/c1-5-6-3-7(13)11(4-12)8(6)10(14-2)15-9(5)16-11/h6-10,13H,1,3-4H2,2H3/t6?,7-,8?,9?,10?,11?/m0/s1. The smallest absolute Gasteiger partial charge is 0.183 e. The van der Waals surface area contributed by atoms with Crippen LogP contribution in [0.25, 0.3) is 0 Å². The van der Waals surface area contributed by atoms with E-state index in [0.29, 0.717) is 6.42 Å². The van der Waals surface area contributed by atoms with E-state index in [4.69, 9.17) is 14.2 Å². The van der Waals surface area contributed by atoms with Crippen LogP contribution in [0.4, 0.5) is 0 Å². The number of ether oxygens (including phenoxy) is 3. The molecule has 1 aliphatic carbocycles. The summed E-state index contributed by atoms with van der Waals surface area (Å²) in [6, 6.07) is 0. The molecule has 0 spiro atoms. The second-order valence-corrected chi connectivity index (χ2v) is 5.50. The molecular formula is C11H15IO4. The average molecular weight is 338 g/mol. The topological polar surface area (TPSA) is 47.9 Å². The molecule has 3 heterocycles. The summed E-state index contributed by atoms with van der Waals surface area (Å²) in [5.41, 5.74) is 0.450. The number of aliphatic hydroxyl groups is 1. The monoisotopic (exact) mass is 338 g/mol. The number of rotatable bonds is 2. The molecular weight excluding hydrogens is 323 g/mol. The van der Waals surface area contributed by atoms with Crippen molar-refractivity contribution < 1.29 is 19.3 Å². The van der Waals surface area contributed by atoms with Crippen LogP contribution in [0, 0.1) is 11.8 Å². The van der Waals surface area contributed by atoms with Crippen molar-refractivity contribution in [3.8, 4) is 0 Å². The van der Waals surface area contributed by atoms with Crippen LogP contribution in [0.3, 0.4) is 0 Å². The van der Waals surface area contributed by atoms with E-state index >= 15 is 0 Å². The summed E-state index contributed by atoms with van der Waals surface area (Å²) >= 11 is 2.27. The predicted molar refractivity (Wildman–Crippen MR) is 65.1 cm³/mol. The fourth-order valence-electron chi connectivity index (χ4n) is 3.29. The van der Waals surface area contributed by atoms with Crippen LogP contribution in [-0.4, -0.2) is 40.9 Å². The van der Waals surface area contributed by atoms with E-state index in [2.05, 4.69) is 29.2 Å². The van der Waals surface area contributed by atoms with Crippen LogP contribution in [0.15, 0.2) is 12.2 Å². The van der Waals surface area contributed by atoms with Gasteiger partial charge in [-0.3, -0.25) is 0 Å². The van der Waals surface area contributed by atoms with Crippen LogP contribution >= 0.6 is 22.6 Å². The van der Waals surface area contributed by atoms with Crippen LogP contribution in [-0.2, 0) is 14.2 Å². The third kappa shape index (κ3) is 1.18. The highest BCUT2D eigenvalue weighted by Gasteiger charge is 2.67. The first-order valence-electron chi connectivity index (χ1n) is 5.43. The molecule has 1 saturated carbocycles. The normalized spacial score (nSPS) is 54.7. The zero-order chi connectivity index (χ0) is 11.5. The largest absolute Gasteiger partial charge is 0.390 e. The van der Waals surface area contributed by atoms with E-state index in [-0.39, 0.29) is 18.1 Å². The molecule has 4 fully saturated rings. The Morgan fingerprint density at radius 1 is 1.69 bits per heavy atom. The van der Waals surface area contributed by atoms with E-state index < -0.39 is 18.0 Å². The van der Waals surface area contributed by atoms with Gasteiger partial charge in [-0.25, -0.2) is 0 Å². The summed E-state index contributed by atoms with van der Waals surface area (Å²) in [6.07, 6.45) is -0.414. The first-order chi connectivity index (χ1) is 7.64. The number of aliphatic hydroxyl groups excluding tert-OH is 1. The molecule has 3 aliphatic heterocycles. The lowest BCUT2D eigenvalue weighted by Crippen LogP contribution is -2.63. The van der Waals surface area contributed by atoms with Gasteiger partial charge >= 0.3 is 0 Å². The molecule has 1 N–H and O–H groups in total. The highest BCUT2D eigenvalue weighted by Crippen LogP contribution is 2.58. The summed E-state index contributed by atoms with van der Waals surface area (Å²) in [4.78, 5) is 0. The van der Waals surface area contributed by atoms with Crippen molar-refractivity contribution in [2.75, 3.05) is 11.5 Å². The molecule has 4 rings (SSSR count). The molecule has 0 aromatic carbocycles. The molecule has 16 heavy (non-hydrogen) atoms. The minimum atomic E-state index is -0.504. The van der Waals surface area contributed by atoms with Gasteiger partial charge < -0.3 is 19.3 Å². The lowest BCUT2D eigenvalue weighted by atomic mass is 9.77. The summed E-state index contributed by atoms with van der Waals surface area (Å²) in [7, 11) is 1.64. The van der Waals surface area contributed by atoms with Gasteiger partial charge in [0.25, 0.3) is 0 Å². The Hall–Kier alpha value is 0.310. The third-order valence-corrected chi connectivity index (χ3v) is 5.33. The van der Waals surface area contributed by atoms with Crippen molar-refractivity contribution in [1.29, 1.82) is 0 Å². The second kappa shape index (κ2) is 3.65. The minimum absolute atomic E-state index is 0.0712. The van der Waals surface area contributed by atoms with Crippen molar-refractivity contribution in [3.05, 3.63) is 12.2 Å². The number of halogens is 1. The first-order valence-corrected chi connectivity index (χ1v) is 6.95. The molecule has 4 nitrogen and oxygen atoms in total. The first kappa shape index (κ1) is 11.4. The van der Waals surface area contributed by atoms with Gasteiger partial charge in [0.1, 0.15) is 5.60 Å². The minimum Gasteiger partial charge on any atom is -0.390 e. The van der Waals surface area contributed by atoms with Gasteiger partial charge in [0, 0.05) is 17.5 Å². The van der Waals surface area contributed by atoms with E-state index in [1.54, 1.807) is 7.11 Å². The number of fused-ring (bicyclic) bond motifs is 1. The number of hydrogen-bond acceptors (Lipinski definition) is 4. The van der Waals surface area contributed by atoms with Crippen molar-refractivity contribution in [2.45, 2.75) is 30.7 Å². The summed E-state index contributed by atoms with van der Waals surface area (Å²) in [5.74, 6) is 0.337. The lowest BCUT2D eigenvalue weighted by Gasteiger charge is -2.53. The van der Waals surface area contributed by atoms with Gasteiger partial charge in [0.15, 0.2) is 12.6 Å². The SMILES string of the molecule is C=C1C2OC(OC)C3C1C[C@H](O)C3(CI)O2. The fraction of sp³-hybridized carbons (Fsp3) is 0.818. The van der Waals surface area contributed by atoms with Crippen molar-refractivity contribution in [3.63, 3.8) is 0 Å². The third-order valence-electron chi connectivity index (χ3n) is 4.14. The van der Waals surface area contributed by atoms with E-state index in [9.17, 15) is 5.11 Å². The molecule has 5 unspecified atom stereocenters. The molecule has 0 amide bonds. The molecule has 6 atom stereocenters. The Morgan fingerprint density at radius 3 is 3.06 bits per heavy atom. The zero-order valence-electron chi connectivity index (χ0n) is 9.06. The van der Waals surface area contributed by atoms with Crippen molar-refractivity contribution in [2.24, 2.45) is 11.8 Å². The van der Waals surface area contributed by atoms with Crippen LogP contribution in [0.2, 0.25) is 0 Å². The van der Waals surface area contributed by atoms with E-state index in [0.717, 1.165) is 10.0 Å². The highest BCUT2D eigenvalue weighted by atomic mass is 127. The molecule has 0 radical (unpaired) electrons. The molecule has 3 saturated heterocycles. The van der Waals surface area contributed by atoms with Crippen LogP contribution < -0.4 is 0 Å². The maximum atomic E-state index is 10.2. The van der Waals surface area contributed by atoms with Gasteiger partial charge in [0.2, 0.25) is 0 Å². The highest BCUT2D eigenvalue weighted by molar-refractivity contribution is 14.1. The number of hydrogen-bond donors (Lipinski definition) is 1. The van der Waals surface area contributed by atoms with E-state index in [1.807, 2.05) is 0 Å². The van der Waals surface area contributed by atoms with E-state index in [1.165, 1.54) is 0 Å². The van der Waals surface area contributed by atoms with Gasteiger partial charge in [-0.1, -0.05) is 29.2 Å². The molecule has 0 aromatic heterocycles. The molecule has 4 bridgehead atoms. The van der Waals surface area contributed by atoms with Gasteiger partial charge in [-0.15, -0.1) is 0 Å².